The Balaban J connectivity index is 1.52. The molecule has 0 N–H and O–H groups in total. The number of fused-ring (bicyclic) bond motifs is 2. The molecule has 4 nitrogen and oxygen atoms in total. The Morgan fingerprint density at radius 1 is 1.22 bits per heavy atom. The molecule has 2 aromatic rings. The van der Waals surface area contributed by atoms with Crippen molar-refractivity contribution in [2.75, 3.05) is 13.2 Å². The van der Waals surface area contributed by atoms with Gasteiger partial charge in [-0.3, -0.25) is 4.90 Å². The van der Waals surface area contributed by atoms with Gasteiger partial charge in [-0.05, 0) is 29.7 Å². The van der Waals surface area contributed by atoms with Gasteiger partial charge in [0.15, 0.2) is 0 Å². The van der Waals surface area contributed by atoms with Gasteiger partial charge in [0.25, 0.3) is 0 Å². The average Bonchev–Trinajstić information content (AvgIpc) is 2.66. The first-order valence-electron chi connectivity index (χ1n) is 8.84. The molecule has 0 aromatic heterocycles. The van der Waals surface area contributed by atoms with Crippen LogP contribution in [0.25, 0.3) is 5.57 Å². The van der Waals surface area contributed by atoms with E-state index in [4.69, 9.17) is 21.1 Å². The van der Waals surface area contributed by atoms with E-state index in [1.165, 1.54) is 6.07 Å². The van der Waals surface area contributed by atoms with Crippen LogP contribution in [-0.2, 0) is 16.1 Å². The van der Waals surface area contributed by atoms with Gasteiger partial charge in [0, 0.05) is 10.6 Å². The first-order chi connectivity index (χ1) is 13.1. The predicted octanol–water partition coefficient (Wildman–Crippen LogP) is 4.67. The van der Waals surface area contributed by atoms with Crippen molar-refractivity contribution in [1.82, 2.24) is 4.90 Å². The van der Waals surface area contributed by atoms with E-state index in [1.54, 1.807) is 17.0 Å². The van der Waals surface area contributed by atoms with E-state index in [-0.39, 0.29) is 30.6 Å². The Hall–Kier alpha value is -2.37. The summed E-state index contributed by atoms with van der Waals surface area (Å²) in [5, 5.41) is 0.363. The van der Waals surface area contributed by atoms with Gasteiger partial charge < -0.3 is 9.47 Å². The first-order valence-corrected chi connectivity index (χ1v) is 9.22. The number of rotatable bonds is 3. The molecule has 27 heavy (non-hydrogen) atoms. The number of morpholine rings is 1. The SMILES string of the molecule is O=C(OCc1ccccc1)N1C2C=C(c3ccc(Cl)cc3F)CC1COC2. The molecule has 0 radical (unpaired) electrons. The molecular formula is C21H19ClFNO3. The topological polar surface area (TPSA) is 38.8 Å². The van der Waals surface area contributed by atoms with E-state index in [0.717, 1.165) is 11.1 Å². The first kappa shape index (κ1) is 18.0. The van der Waals surface area contributed by atoms with Crippen molar-refractivity contribution in [2.24, 2.45) is 0 Å². The van der Waals surface area contributed by atoms with Crippen LogP contribution in [0.3, 0.4) is 0 Å². The highest BCUT2D eigenvalue weighted by molar-refractivity contribution is 6.30. The van der Waals surface area contributed by atoms with Crippen LogP contribution in [0.1, 0.15) is 17.5 Å². The number of amides is 1. The largest absolute Gasteiger partial charge is 0.445 e. The van der Waals surface area contributed by atoms with Gasteiger partial charge in [0.1, 0.15) is 12.4 Å². The van der Waals surface area contributed by atoms with E-state index in [9.17, 15) is 9.18 Å². The molecule has 0 saturated carbocycles. The monoisotopic (exact) mass is 387 g/mol. The van der Waals surface area contributed by atoms with Gasteiger partial charge in [-0.25, -0.2) is 9.18 Å². The quantitative estimate of drug-likeness (QED) is 0.768. The number of nitrogens with zero attached hydrogens (tertiary/aromatic N) is 1. The maximum absolute atomic E-state index is 14.3. The molecule has 2 bridgehead atoms. The second kappa shape index (κ2) is 7.71. The fourth-order valence-corrected chi connectivity index (χ4v) is 3.78. The molecular weight excluding hydrogens is 369 g/mol. The second-order valence-corrected chi connectivity index (χ2v) is 7.16. The molecule has 2 aliphatic rings. The summed E-state index contributed by atoms with van der Waals surface area (Å²) in [6.07, 6.45) is 2.03. The fourth-order valence-electron chi connectivity index (χ4n) is 3.62. The fraction of sp³-hybridized carbons (Fsp3) is 0.286. The summed E-state index contributed by atoms with van der Waals surface area (Å²) in [4.78, 5) is 14.4. The number of ether oxygens (including phenoxy) is 2. The number of carbonyl (C=O) groups excluding carboxylic acids is 1. The van der Waals surface area contributed by atoms with E-state index in [1.807, 2.05) is 36.4 Å². The van der Waals surface area contributed by atoms with Crippen LogP contribution in [0.4, 0.5) is 9.18 Å². The van der Waals surface area contributed by atoms with Crippen molar-refractivity contribution in [3.05, 3.63) is 76.6 Å². The standard InChI is InChI=1S/C21H19ClFNO3/c22-16-6-7-19(20(23)10-16)15-8-17-12-26-13-18(9-15)24(17)21(25)27-11-14-4-2-1-3-5-14/h1-8,10,17-18H,9,11-13H2. The Morgan fingerprint density at radius 2 is 2.04 bits per heavy atom. The third-order valence-electron chi connectivity index (χ3n) is 4.89. The zero-order valence-electron chi connectivity index (χ0n) is 14.6. The van der Waals surface area contributed by atoms with Crippen LogP contribution in [-0.4, -0.2) is 36.3 Å². The van der Waals surface area contributed by atoms with E-state index in [0.29, 0.717) is 30.2 Å². The molecule has 4 rings (SSSR count). The number of hydrogen-bond donors (Lipinski definition) is 0. The molecule has 2 atom stereocenters. The predicted molar refractivity (Wildman–Crippen MR) is 101 cm³/mol. The summed E-state index contributed by atoms with van der Waals surface area (Å²) in [5.74, 6) is -0.354. The summed E-state index contributed by atoms with van der Waals surface area (Å²) in [6.45, 7) is 0.998. The van der Waals surface area contributed by atoms with Gasteiger partial charge in [-0.1, -0.05) is 54.1 Å². The molecule has 2 aliphatic heterocycles. The number of hydrogen-bond acceptors (Lipinski definition) is 3. The third-order valence-corrected chi connectivity index (χ3v) is 5.13. The lowest BCUT2D eigenvalue weighted by atomic mass is 9.90. The van der Waals surface area contributed by atoms with Crippen molar-refractivity contribution >= 4 is 23.3 Å². The van der Waals surface area contributed by atoms with Crippen LogP contribution in [0.15, 0.2) is 54.6 Å². The lowest BCUT2D eigenvalue weighted by molar-refractivity contribution is -0.0342. The zero-order valence-corrected chi connectivity index (χ0v) is 15.4. The van der Waals surface area contributed by atoms with Crippen molar-refractivity contribution in [1.29, 1.82) is 0 Å². The van der Waals surface area contributed by atoms with Crippen molar-refractivity contribution < 1.29 is 18.7 Å². The summed E-state index contributed by atoms with van der Waals surface area (Å²) in [6, 6.07) is 13.8. The average molecular weight is 388 g/mol. The molecule has 6 heteroatoms. The number of halogens is 2. The molecule has 2 aromatic carbocycles. The lowest BCUT2D eigenvalue weighted by Gasteiger charge is -2.43. The van der Waals surface area contributed by atoms with E-state index < -0.39 is 0 Å². The summed E-state index contributed by atoms with van der Waals surface area (Å²) < 4.78 is 25.4. The zero-order chi connectivity index (χ0) is 18.8. The highest BCUT2D eigenvalue weighted by Gasteiger charge is 2.39. The lowest BCUT2D eigenvalue weighted by Crippen LogP contribution is -2.56. The van der Waals surface area contributed by atoms with Crippen molar-refractivity contribution in [2.45, 2.75) is 25.1 Å². The Bertz CT molecular complexity index is 871. The maximum Gasteiger partial charge on any atom is 0.411 e. The smallest absolute Gasteiger partial charge is 0.411 e. The Labute approximate surface area is 162 Å². The Kier molecular flexibility index (Phi) is 5.14. The molecule has 0 spiro atoms. The summed E-state index contributed by atoms with van der Waals surface area (Å²) in [7, 11) is 0. The van der Waals surface area contributed by atoms with E-state index >= 15 is 0 Å². The van der Waals surface area contributed by atoms with Crippen LogP contribution < -0.4 is 0 Å². The number of benzene rings is 2. The molecule has 1 saturated heterocycles. The minimum atomic E-state index is -0.371. The van der Waals surface area contributed by atoms with E-state index in [2.05, 4.69) is 0 Å². The van der Waals surface area contributed by atoms with Gasteiger partial charge in [-0.15, -0.1) is 0 Å². The second-order valence-electron chi connectivity index (χ2n) is 6.73. The summed E-state index contributed by atoms with van der Waals surface area (Å²) in [5.41, 5.74) is 2.33. The maximum atomic E-state index is 14.3. The normalized spacial score (nSPS) is 21.6. The van der Waals surface area contributed by atoms with Gasteiger partial charge in [-0.2, -0.15) is 0 Å². The highest BCUT2D eigenvalue weighted by Crippen LogP contribution is 2.34. The Morgan fingerprint density at radius 3 is 2.78 bits per heavy atom. The van der Waals surface area contributed by atoms with Crippen LogP contribution in [0, 0.1) is 5.82 Å². The molecule has 2 heterocycles. The van der Waals surface area contributed by atoms with Gasteiger partial charge in [0.2, 0.25) is 0 Å². The van der Waals surface area contributed by atoms with Gasteiger partial charge in [0.05, 0.1) is 25.3 Å². The number of carbonyl (C=O) groups is 1. The van der Waals surface area contributed by atoms with Crippen LogP contribution in [0.2, 0.25) is 5.02 Å². The molecule has 2 unspecified atom stereocenters. The molecule has 0 aliphatic carbocycles. The van der Waals surface area contributed by atoms with Crippen LogP contribution in [0.5, 0.6) is 0 Å². The summed E-state index contributed by atoms with van der Waals surface area (Å²) >= 11 is 5.85. The van der Waals surface area contributed by atoms with Crippen LogP contribution >= 0.6 is 11.6 Å². The minimum absolute atomic E-state index is 0.179. The van der Waals surface area contributed by atoms with Gasteiger partial charge >= 0.3 is 6.09 Å². The molecule has 1 fully saturated rings. The van der Waals surface area contributed by atoms with Crippen molar-refractivity contribution in [3.63, 3.8) is 0 Å². The molecule has 1 amide bonds. The third kappa shape index (κ3) is 3.84. The minimum Gasteiger partial charge on any atom is -0.445 e. The molecule has 140 valence electrons. The van der Waals surface area contributed by atoms with Crippen molar-refractivity contribution in [3.8, 4) is 0 Å². The highest BCUT2D eigenvalue weighted by atomic mass is 35.5.